The van der Waals surface area contributed by atoms with Crippen LogP contribution in [-0.4, -0.2) is 123 Å². The molecule has 0 aliphatic carbocycles. The second-order valence-corrected chi connectivity index (χ2v) is 11.6. The summed E-state index contributed by atoms with van der Waals surface area (Å²) in [5, 5.41) is 41.0. The number of aromatic nitrogens is 4. The number of carboxylic acids is 1. The van der Waals surface area contributed by atoms with Crippen molar-refractivity contribution >= 4 is 43.8 Å². The molecule has 2 fully saturated rings. The number of aliphatic hydroxyl groups is 2. The Labute approximate surface area is 300 Å². The van der Waals surface area contributed by atoms with Gasteiger partial charge in [0.25, 0.3) is 0 Å². The SMILES string of the molecule is C.CB(O)N[C@H](C(=O)Nc1ccn([C@@H]2CO[C@H](CO)O2)c(=O)n1)C(C)C.CC(C)[C@H](N=CB=O)C(=O)O.Nc1ccn([C@@H]2CO[C@H](CO)O2)c(=O)n1. The second kappa shape index (κ2) is 22.7. The van der Waals surface area contributed by atoms with Crippen LogP contribution in [0.25, 0.3) is 0 Å². The molecular weight excluding hydrogens is 690 g/mol. The number of carbonyl (C=O) groups is 2. The van der Waals surface area contributed by atoms with Crippen LogP contribution >= 0.6 is 0 Å². The number of aliphatic carboxylic acids is 1. The van der Waals surface area contributed by atoms with Gasteiger partial charge in [-0.25, -0.2) is 9.59 Å². The molecule has 0 radical (unpaired) electrons. The molecule has 2 aromatic rings. The van der Waals surface area contributed by atoms with Crippen molar-refractivity contribution in [1.82, 2.24) is 24.3 Å². The van der Waals surface area contributed by atoms with Gasteiger partial charge in [0.2, 0.25) is 5.91 Å². The van der Waals surface area contributed by atoms with Crippen molar-refractivity contribution in [2.45, 2.75) is 79.1 Å². The summed E-state index contributed by atoms with van der Waals surface area (Å²) in [6.45, 7) is 8.43. The molecule has 4 rings (SSSR count). The average Bonchev–Trinajstić information content (AvgIpc) is 3.74. The Hall–Kier alpha value is -4.22. The molecule has 23 heteroatoms. The maximum atomic E-state index is 12.3. The van der Waals surface area contributed by atoms with Crippen LogP contribution in [0.5, 0.6) is 0 Å². The molecule has 1 amide bonds. The number of nitrogens with two attached hydrogens (primary N) is 1. The number of nitrogens with zero attached hydrogens (tertiary/aromatic N) is 5. The van der Waals surface area contributed by atoms with Gasteiger partial charge in [-0.05, 0) is 24.9 Å². The van der Waals surface area contributed by atoms with Crippen molar-refractivity contribution in [1.29, 1.82) is 0 Å². The van der Waals surface area contributed by atoms with Gasteiger partial charge in [0, 0.05) is 12.4 Å². The van der Waals surface area contributed by atoms with Crippen LogP contribution in [0.15, 0.2) is 39.1 Å². The molecule has 2 aliphatic rings. The van der Waals surface area contributed by atoms with Crippen molar-refractivity contribution in [3.05, 3.63) is 45.5 Å². The minimum atomic E-state index is -1.00. The normalized spacial score (nSPS) is 20.5. The van der Waals surface area contributed by atoms with E-state index in [2.05, 4.69) is 25.5 Å². The first-order chi connectivity index (χ1) is 24.1. The zero-order valence-electron chi connectivity index (χ0n) is 28.8. The molecule has 6 atom stereocenters. The van der Waals surface area contributed by atoms with Gasteiger partial charge in [-0.2, -0.15) is 9.97 Å². The van der Waals surface area contributed by atoms with Crippen LogP contribution in [0.2, 0.25) is 6.82 Å². The molecule has 2 saturated heterocycles. The van der Waals surface area contributed by atoms with Gasteiger partial charge in [0.15, 0.2) is 25.0 Å². The fourth-order valence-corrected chi connectivity index (χ4v) is 4.40. The van der Waals surface area contributed by atoms with Gasteiger partial charge >= 0.3 is 83.1 Å². The molecule has 0 saturated carbocycles. The van der Waals surface area contributed by atoms with Crippen LogP contribution in [0.4, 0.5) is 11.6 Å². The molecule has 2 aliphatic heterocycles. The second-order valence-electron chi connectivity index (χ2n) is 11.6. The Morgan fingerprint density at radius 1 is 1.02 bits per heavy atom. The summed E-state index contributed by atoms with van der Waals surface area (Å²) in [5.41, 5.74) is 4.23. The molecule has 0 spiro atoms. The standard InChI is InChI=1S/C14H23BN4O6.C8H11N3O4.C6H10BNO3.CH4/c1-8(2)12(18-15(3)23)13(21)16-9-4-5-19(14(22)17-9)10-7-24-11(6-20)25-10;9-5-1-2-11(8(13)10-5)6-4-14-7(3-12)15-6;1-4(2)5(6(9)10)8-3-7-11;/h4-5,8,10-12,18,20,23H,6-7H2,1-3H3,(H,16,17,21,22);1-2,6-7,12H,3-4H2,(H2,9,10,13);3-5H,1-2H3,(H,9,10);1H4/t10-,11-,12-;6-,7-;5-;/m000./s1. The van der Waals surface area contributed by atoms with Gasteiger partial charge in [0.05, 0.1) is 32.5 Å². The Balaban J connectivity index is 0.000000426. The van der Waals surface area contributed by atoms with Crippen LogP contribution in [0.1, 0.15) is 47.6 Å². The molecule has 2 aromatic heterocycles. The van der Waals surface area contributed by atoms with E-state index in [1.54, 1.807) is 13.8 Å². The average molecular weight is 738 g/mol. The van der Waals surface area contributed by atoms with E-state index < -0.39 is 67.4 Å². The molecule has 0 bridgehead atoms. The maximum Gasteiger partial charge on any atom is 0.351 e. The quantitative estimate of drug-likeness (QED) is 0.0887. The van der Waals surface area contributed by atoms with Crippen molar-refractivity contribution in [2.75, 3.05) is 37.5 Å². The summed E-state index contributed by atoms with van der Waals surface area (Å²) >= 11 is 0. The van der Waals surface area contributed by atoms with E-state index in [1.807, 2.05) is 13.8 Å². The van der Waals surface area contributed by atoms with E-state index in [9.17, 15) is 28.9 Å². The number of aliphatic imine (C=N–C) groups is 1. The van der Waals surface area contributed by atoms with E-state index in [1.165, 1.54) is 40.5 Å². The van der Waals surface area contributed by atoms with E-state index >= 15 is 0 Å². The first kappa shape index (κ1) is 45.8. The number of hydrogen-bond acceptors (Lipinski definition) is 17. The summed E-state index contributed by atoms with van der Waals surface area (Å²) < 4.78 is 33.1. The van der Waals surface area contributed by atoms with E-state index in [0.29, 0.717) is 7.15 Å². The van der Waals surface area contributed by atoms with Gasteiger partial charge in [-0.1, -0.05) is 21.3 Å². The summed E-state index contributed by atoms with van der Waals surface area (Å²) in [4.78, 5) is 57.2. The number of nitrogen functional groups attached to an aromatic ring is 1. The molecule has 0 unspecified atom stereocenters. The number of carboxylic acid groups (broad SMARTS) is 1. The van der Waals surface area contributed by atoms with Crippen molar-refractivity contribution in [3.8, 4) is 0 Å². The third-order valence-electron chi connectivity index (χ3n) is 6.88. The molecule has 8 N–H and O–H groups in total. The predicted molar refractivity (Wildman–Crippen MR) is 187 cm³/mol. The Kier molecular flexibility index (Phi) is 20.0. The van der Waals surface area contributed by atoms with Crippen molar-refractivity contribution in [2.24, 2.45) is 16.8 Å². The zero-order chi connectivity index (χ0) is 38.2. The molecular formula is C29H48B2N8O13. The monoisotopic (exact) mass is 738 g/mol. The van der Waals surface area contributed by atoms with E-state index in [-0.39, 0.29) is 57.3 Å². The number of amides is 1. The Bertz CT molecular complexity index is 1580. The first-order valence-corrected chi connectivity index (χ1v) is 15.8. The summed E-state index contributed by atoms with van der Waals surface area (Å²) in [7, 11) is -0.378. The third-order valence-corrected chi connectivity index (χ3v) is 6.88. The smallest absolute Gasteiger partial charge is 0.351 e. The Morgan fingerprint density at radius 3 is 1.92 bits per heavy atom. The minimum absolute atomic E-state index is 0. The van der Waals surface area contributed by atoms with Crippen LogP contribution < -0.4 is 27.7 Å². The van der Waals surface area contributed by atoms with E-state index in [0.717, 1.165) is 6.11 Å². The minimum Gasteiger partial charge on any atom is -0.391 e. The zero-order valence-corrected chi connectivity index (χ0v) is 28.8. The molecule has 21 nitrogen and oxygen atoms in total. The number of hydrogen-bond donors (Lipinski definition) is 7. The van der Waals surface area contributed by atoms with Crippen LogP contribution in [-0.2, 0) is 33.2 Å². The summed E-state index contributed by atoms with van der Waals surface area (Å²) in [6, 6.07) is 1.52. The van der Waals surface area contributed by atoms with Gasteiger partial charge in [0.1, 0.15) is 11.6 Å². The number of anilines is 2. The van der Waals surface area contributed by atoms with Gasteiger partial charge < -0.3 is 50.5 Å². The largest absolute Gasteiger partial charge is 0.391 e. The van der Waals surface area contributed by atoms with Gasteiger partial charge in [-0.3, -0.25) is 13.9 Å². The molecule has 4 heterocycles. The van der Waals surface area contributed by atoms with Crippen LogP contribution in [0.3, 0.4) is 0 Å². The number of carbonyl (C=O) groups excluding carboxylic acids is 1. The number of rotatable bonds is 13. The fraction of sp³-hybridized carbons (Fsp3) is 0.621. The number of ether oxygens (including phenoxy) is 4. The summed E-state index contributed by atoms with van der Waals surface area (Å²) in [6.07, 6.45) is 1.21. The molecule has 288 valence electrons. The van der Waals surface area contributed by atoms with Crippen LogP contribution in [0, 0.1) is 11.8 Å². The predicted octanol–water partition coefficient (Wildman–Crippen LogP) is -1.73. The molecule has 52 heavy (non-hydrogen) atoms. The Morgan fingerprint density at radius 2 is 1.54 bits per heavy atom. The number of nitrogens with one attached hydrogen (secondary N) is 2. The molecule has 0 aromatic carbocycles. The van der Waals surface area contributed by atoms with Crippen molar-refractivity contribution in [3.63, 3.8) is 0 Å². The third kappa shape index (κ3) is 14.4. The maximum absolute atomic E-state index is 12.3. The fourth-order valence-electron chi connectivity index (χ4n) is 4.40. The first-order valence-electron chi connectivity index (χ1n) is 15.8. The van der Waals surface area contributed by atoms with Crippen molar-refractivity contribution < 1.29 is 53.6 Å². The van der Waals surface area contributed by atoms with E-state index in [4.69, 9.17) is 40.0 Å². The topological polar surface area (TPSA) is 301 Å². The van der Waals surface area contributed by atoms with Gasteiger partial charge in [-0.15, -0.1) is 0 Å². The summed E-state index contributed by atoms with van der Waals surface area (Å²) in [5.74, 6) is -1.31. The number of aliphatic hydroxyl groups excluding tert-OH is 2.